The van der Waals surface area contributed by atoms with Crippen LogP contribution >= 0.6 is 0 Å². The molecule has 13 nitrogen and oxygen atoms in total. The Morgan fingerprint density at radius 3 is 2.52 bits per heavy atom. The minimum Gasteiger partial charge on any atom is -0.495 e. The number of nitrogens with one attached hydrogen (secondary N) is 3. The Bertz CT molecular complexity index is 1200. The van der Waals surface area contributed by atoms with Gasteiger partial charge in [-0.3, -0.25) is 19.7 Å². The molecule has 1 aromatic heterocycles. The Morgan fingerprint density at radius 1 is 1.10 bits per heavy atom. The zero-order chi connectivity index (χ0) is 29.9. The molecule has 3 heterocycles. The highest BCUT2D eigenvalue weighted by Crippen LogP contribution is 2.34. The van der Waals surface area contributed by atoms with E-state index in [9.17, 15) is 9.59 Å². The summed E-state index contributed by atoms with van der Waals surface area (Å²) >= 11 is 0. The van der Waals surface area contributed by atoms with Gasteiger partial charge in [0.25, 0.3) is 5.91 Å². The van der Waals surface area contributed by atoms with Crippen LogP contribution < -0.4 is 31.5 Å². The van der Waals surface area contributed by atoms with Crippen LogP contribution in [0.4, 0.5) is 23.0 Å². The Hall–Kier alpha value is -3.68. The smallest absolute Gasteiger partial charge is 0.271 e. The molecule has 0 radical (unpaired) electrons. The summed E-state index contributed by atoms with van der Waals surface area (Å²) in [5, 5.41) is 15.3. The first-order valence-electron chi connectivity index (χ1n) is 14.8. The lowest BCUT2D eigenvalue weighted by atomic mass is 10.1. The number of carbonyl (C=O) groups excluding carboxylic acids is 2. The predicted octanol–water partition coefficient (Wildman–Crippen LogP) is 2.67. The van der Waals surface area contributed by atoms with Crippen LogP contribution in [0.15, 0.2) is 18.2 Å². The summed E-state index contributed by atoms with van der Waals surface area (Å²) in [6, 6.07) is 6.09. The molecule has 2 aliphatic rings. The van der Waals surface area contributed by atoms with E-state index in [1.807, 2.05) is 25.1 Å². The number of hydrogen-bond acceptors (Lipinski definition) is 11. The third-order valence-corrected chi connectivity index (χ3v) is 7.76. The molecule has 2 aromatic rings. The van der Waals surface area contributed by atoms with Crippen molar-refractivity contribution in [2.45, 2.75) is 57.9 Å². The number of carbonyl (C=O) groups is 2. The maximum atomic E-state index is 12.3. The quantitative estimate of drug-likeness (QED) is 0.126. The minimum atomic E-state index is -0.644. The summed E-state index contributed by atoms with van der Waals surface area (Å²) in [6.07, 6.45) is 5.46. The van der Waals surface area contributed by atoms with Crippen molar-refractivity contribution < 1.29 is 24.3 Å². The number of anilines is 4. The molecule has 0 spiro atoms. The number of aromatic nitrogens is 2. The second-order valence-corrected chi connectivity index (χ2v) is 10.7. The molecular weight excluding hydrogens is 540 g/mol. The van der Waals surface area contributed by atoms with Gasteiger partial charge < -0.3 is 30.7 Å². The number of methoxy groups -OCH3 is 1. The minimum absolute atomic E-state index is 0.0974. The van der Waals surface area contributed by atoms with Crippen LogP contribution in [0, 0.1) is 0 Å². The van der Waals surface area contributed by atoms with E-state index < -0.39 is 5.91 Å². The monoisotopic (exact) mass is 584 g/mol. The molecule has 230 valence electrons. The zero-order valence-electron chi connectivity index (χ0n) is 24.7. The van der Waals surface area contributed by atoms with Gasteiger partial charge >= 0.3 is 0 Å². The third kappa shape index (κ3) is 8.43. The van der Waals surface area contributed by atoms with Gasteiger partial charge in [0.2, 0.25) is 5.91 Å². The summed E-state index contributed by atoms with van der Waals surface area (Å²) in [4.78, 5) is 37.5. The van der Waals surface area contributed by atoms with Gasteiger partial charge in [-0.25, -0.2) is 15.4 Å². The van der Waals surface area contributed by atoms with Crippen molar-refractivity contribution in [2.75, 3.05) is 68.6 Å². The molecule has 42 heavy (non-hydrogen) atoms. The Kier molecular flexibility index (Phi) is 11.6. The number of hydroxylamine groups is 1. The molecule has 13 heteroatoms. The van der Waals surface area contributed by atoms with E-state index in [1.54, 1.807) is 12.6 Å². The lowest BCUT2D eigenvalue weighted by Gasteiger charge is -2.36. The molecule has 0 bridgehead atoms. The number of primary amides is 1. The molecule has 2 amide bonds. The second-order valence-electron chi connectivity index (χ2n) is 10.7. The van der Waals surface area contributed by atoms with Crippen LogP contribution in [-0.4, -0.2) is 91.0 Å². The highest BCUT2D eigenvalue weighted by molar-refractivity contribution is 5.96. The number of piperazine rings is 1. The molecule has 2 fully saturated rings. The number of benzene rings is 1. The second kappa shape index (κ2) is 15.5. The molecule has 0 unspecified atom stereocenters. The molecule has 0 saturated carbocycles. The molecule has 6 N–H and O–H groups in total. The van der Waals surface area contributed by atoms with Gasteiger partial charge in [0, 0.05) is 63.6 Å². The van der Waals surface area contributed by atoms with E-state index in [1.165, 1.54) is 0 Å². The SMILES string of the molecule is CCc1nc(C(N)=O)c(Nc2ccc(N3CCN(CCCCCC(=O)NO)CC3)c(OC)c2)nc1NC1CCOCC1. The molecule has 0 aliphatic carbocycles. The van der Waals surface area contributed by atoms with Crippen LogP contribution in [-0.2, 0) is 16.0 Å². The van der Waals surface area contributed by atoms with Crippen LogP contribution in [0.5, 0.6) is 5.75 Å². The van der Waals surface area contributed by atoms with Crippen molar-refractivity contribution in [3.63, 3.8) is 0 Å². The third-order valence-electron chi connectivity index (χ3n) is 7.76. The number of unbranched alkanes of at least 4 members (excludes halogenated alkanes) is 2. The number of hydrogen-bond donors (Lipinski definition) is 5. The van der Waals surface area contributed by atoms with E-state index in [-0.39, 0.29) is 17.6 Å². The topological polar surface area (TPSA) is 167 Å². The lowest BCUT2D eigenvalue weighted by Crippen LogP contribution is -2.46. The van der Waals surface area contributed by atoms with Crippen molar-refractivity contribution in [3.8, 4) is 5.75 Å². The normalized spacial score (nSPS) is 16.2. The fourth-order valence-corrected chi connectivity index (χ4v) is 5.35. The molecule has 1 aromatic carbocycles. The standard InChI is InChI=1S/C29H44N8O5/c1-3-22-28(31-20-10-17-42-18-11-20)34-29(26(33-22)27(30)39)32-21-8-9-23(24(19-21)41-2)37-15-13-36(14-16-37)12-6-4-5-7-25(38)35-40/h8-9,19-20,40H,3-7,10-18H2,1-2H3,(H2,30,39)(H,35,38)(H2,31,32,34). The van der Waals surface area contributed by atoms with Crippen molar-refractivity contribution in [1.29, 1.82) is 0 Å². The Labute approximate surface area is 247 Å². The van der Waals surface area contributed by atoms with Crippen molar-refractivity contribution in [2.24, 2.45) is 5.73 Å². The molecule has 0 atom stereocenters. The van der Waals surface area contributed by atoms with E-state index in [4.69, 9.17) is 25.4 Å². The van der Waals surface area contributed by atoms with Gasteiger partial charge in [-0.2, -0.15) is 0 Å². The highest BCUT2D eigenvalue weighted by Gasteiger charge is 2.23. The summed E-state index contributed by atoms with van der Waals surface area (Å²) in [7, 11) is 1.65. The average Bonchev–Trinajstić information content (AvgIpc) is 3.01. The summed E-state index contributed by atoms with van der Waals surface area (Å²) < 4.78 is 11.2. The first-order chi connectivity index (χ1) is 20.4. The number of aryl methyl sites for hydroxylation is 1. The van der Waals surface area contributed by atoms with Crippen molar-refractivity contribution in [1.82, 2.24) is 20.3 Å². The predicted molar refractivity (Wildman–Crippen MR) is 161 cm³/mol. The lowest BCUT2D eigenvalue weighted by molar-refractivity contribution is -0.129. The van der Waals surface area contributed by atoms with E-state index in [0.717, 1.165) is 76.3 Å². The molecular formula is C29H44N8O5. The van der Waals surface area contributed by atoms with Gasteiger partial charge in [0.1, 0.15) is 5.75 Å². The van der Waals surface area contributed by atoms with Crippen molar-refractivity contribution >= 4 is 34.8 Å². The zero-order valence-corrected chi connectivity index (χ0v) is 24.7. The highest BCUT2D eigenvalue weighted by atomic mass is 16.5. The average molecular weight is 585 g/mol. The van der Waals surface area contributed by atoms with Crippen LogP contribution in [0.25, 0.3) is 0 Å². The maximum Gasteiger partial charge on any atom is 0.271 e. The van der Waals surface area contributed by atoms with E-state index in [2.05, 4.69) is 25.4 Å². The first kappa shape index (κ1) is 31.3. The van der Waals surface area contributed by atoms with Crippen molar-refractivity contribution in [3.05, 3.63) is 29.6 Å². The number of ether oxygens (including phenoxy) is 2. The van der Waals surface area contributed by atoms with E-state index in [0.29, 0.717) is 49.1 Å². The van der Waals surface area contributed by atoms with Gasteiger partial charge in [0.05, 0.1) is 18.5 Å². The number of amides is 2. The first-order valence-corrected chi connectivity index (χ1v) is 14.8. The Morgan fingerprint density at radius 2 is 1.86 bits per heavy atom. The van der Waals surface area contributed by atoms with Crippen LogP contribution in [0.1, 0.15) is 61.6 Å². The molecule has 4 rings (SSSR count). The van der Waals surface area contributed by atoms with Gasteiger partial charge in [-0.05, 0) is 50.8 Å². The maximum absolute atomic E-state index is 12.3. The largest absolute Gasteiger partial charge is 0.495 e. The van der Waals surface area contributed by atoms with E-state index >= 15 is 0 Å². The molecule has 2 saturated heterocycles. The Balaban J connectivity index is 1.40. The molecule has 2 aliphatic heterocycles. The van der Waals surface area contributed by atoms with Crippen LogP contribution in [0.3, 0.4) is 0 Å². The summed E-state index contributed by atoms with van der Waals surface area (Å²) in [5.41, 5.74) is 9.88. The number of nitrogens with two attached hydrogens (primary N) is 1. The number of nitrogens with zero attached hydrogens (tertiary/aromatic N) is 4. The van der Waals surface area contributed by atoms with Gasteiger partial charge in [-0.15, -0.1) is 0 Å². The summed E-state index contributed by atoms with van der Waals surface area (Å²) in [6.45, 7) is 7.97. The van der Waals surface area contributed by atoms with Gasteiger partial charge in [-0.1, -0.05) is 13.3 Å². The fraction of sp³-hybridized carbons (Fsp3) is 0.586. The number of rotatable bonds is 14. The van der Waals surface area contributed by atoms with Gasteiger partial charge in [0.15, 0.2) is 17.3 Å². The van der Waals surface area contributed by atoms with Crippen LogP contribution in [0.2, 0.25) is 0 Å². The summed E-state index contributed by atoms with van der Waals surface area (Å²) in [5.74, 6) is 0.690. The fourth-order valence-electron chi connectivity index (χ4n) is 5.35.